The SMILES string of the molecule is Cc1ncc(CO)c(Nc2ccccc2C)n1. The number of hydrogen-bond donors (Lipinski definition) is 2. The second kappa shape index (κ2) is 4.93. The number of nitrogens with one attached hydrogen (secondary N) is 1. The third kappa shape index (κ3) is 2.60. The zero-order chi connectivity index (χ0) is 12.3. The van der Waals surface area contributed by atoms with Crippen molar-refractivity contribution in [3.05, 3.63) is 47.4 Å². The van der Waals surface area contributed by atoms with E-state index in [1.807, 2.05) is 38.1 Å². The number of hydrogen-bond acceptors (Lipinski definition) is 4. The minimum atomic E-state index is -0.0749. The van der Waals surface area contributed by atoms with Gasteiger partial charge in [-0.2, -0.15) is 0 Å². The van der Waals surface area contributed by atoms with Gasteiger partial charge in [0.2, 0.25) is 0 Å². The van der Waals surface area contributed by atoms with Gasteiger partial charge in [-0.15, -0.1) is 0 Å². The molecule has 0 amide bonds. The molecule has 0 saturated carbocycles. The zero-order valence-electron chi connectivity index (χ0n) is 9.94. The van der Waals surface area contributed by atoms with E-state index in [-0.39, 0.29) is 6.61 Å². The molecule has 1 aromatic carbocycles. The van der Waals surface area contributed by atoms with Gasteiger partial charge < -0.3 is 10.4 Å². The molecule has 4 heteroatoms. The molecular formula is C13H15N3O. The predicted octanol–water partition coefficient (Wildman–Crippen LogP) is 2.33. The number of anilines is 2. The van der Waals surface area contributed by atoms with Crippen molar-refractivity contribution in [3.63, 3.8) is 0 Å². The topological polar surface area (TPSA) is 58.0 Å². The minimum absolute atomic E-state index is 0.0749. The molecule has 0 unspecified atom stereocenters. The molecule has 1 heterocycles. The molecule has 0 spiro atoms. The van der Waals surface area contributed by atoms with Crippen LogP contribution >= 0.6 is 0 Å². The first-order chi connectivity index (χ1) is 8.20. The van der Waals surface area contributed by atoms with Crippen LogP contribution in [0.2, 0.25) is 0 Å². The second-order valence-corrected chi connectivity index (χ2v) is 3.89. The van der Waals surface area contributed by atoms with Crippen molar-refractivity contribution >= 4 is 11.5 Å². The Morgan fingerprint density at radius 1 is 1.24 bits per heavy atom. The van der Waals surface area contributed by atoms with E-state index >= 15 is 0 Å². The van der Waals surface area contributed by atoms with E-state index in [1.165, 1.54) is 0 Å². The summed E-state index contributed by atoms with van der Waals surface area (Å²) in [5, 5.41) is 12.5. The van der Waals surface area contributed by atoms with Crippen molar-refractivity contribution in [3.8, 4) is 0 Å². The number of aromatic nitrogens is 2. The molecule has 2 aromatic rings. The summed E-state index contributed by atoms with van der Waals surface area (Å²) in [6.07, 6.45) is 1.64. The maximum Gasteiger partial charge on any atom is 0.139 e. The van der Waals surface area contributed by atoms with Crippen LogP contribution in [0.3, 0.4) is 0 Å². The zero-order valence-corrected chi connectivity index (χ0v) is 9.94. The Kier molecular flexibility index (Phi) is 3.35. The highest BCUT2D eigenvalue weighted by molar-refractivity contribution is 5.62. The van der Waals surface area contributed by atoms with Crippen LogP contribution in [0.25, 0.3) is 0 Å². The first-order valence-electron chi connectivity index (χ1n) is 5.46. The van der Waals surface area contributed by atoms with Gasteiger partial charge in [0, 0.05) is 17.4 Å². The molecule has 0 fully saturated rings. The van der Waals surface area contributed by atoms with Crippen LogP contribution in [0.4, 0.5) is 11.5 Å². The highest BCUT2D eigenvalue weighted by Crippen LogP contribution is 2.21. The number of nitrogens with zero attached hydrogens (tertiary/aromatic N) is 2. The molecule has 1 aromatic heterocycles. The third-order valence-electron chi connectivity index (χ3n) is 2.55. The van der Waals surface area contributed by atoms with E-state index in [0.717, 1.165) is 11.3 Å². The number of aliphatic hydroxyl groups excluding tert-OH is 1. The van der Waals surface area contributed by atoms with Crippen LogP contribution < -0.4 is 5.32 Å². The van der Waals surface area contributed by atoms with Crippen LogP contribution in [0.5, 0.6) is 0 Å². The van der Waals surface area contributed by atoms with Crippen molar-refractivity contribution in [1.82, 2.24) is 9.97 Å². The number of aryl methyl sites for hydroxylation is 2. The molecular weight excluding hydrogens is 214 g/mol. The lowest BCUT2D eigenvalue weighted by atomic mass is 10.2. The average Bonchev–Trinajstić information content (AvgIpc) is 2.32. The maximum absolute atomic E-state index is 9.24. The second-order valence-electron chi connectivity index (χ2n) is 3.89. The molecule has 0 radical (unpaired) electrons. The fourth-order valence-electron chi connectivity index (χ4n) is 1.56. The van der Waals surface area contributed by atoms with Gasteiger partial charge in [-0.25, -0.2) is 9.97 Å². The largest absolute Gasteiger partial charge is 0.391 e. The smallest absolute Gasteiger partial charge is 0.139 e. The fraction of sp³-hybridized carbons (Fsp3) is 0.231. The average molecular weight is 229 g/mol. The van der Waals surface area contributed by atoms with E-state index in [4.69, 9.17) is 0 Å². The van der Waals surface area contributed by atoms with E-state index in [1.54, 1.807) is 6.20 Å². The lowest BCUT2D eigenvalue weighted by molar-refractivity contribution is 0.281. The summed E-state index contributed by atoms with van der Waals surface area (Å²) < 4.78 is 0. The molecule has 0 bridgehead atoms. The van der Waals surface area contributed by atoms with Crippen molar-refractivity contribution in [2.24, 2.45) is 0 Å². The summed E-state index contributed by atoms with van der Waals surface area (Å²) in [6, 6.07) is 7.95. The van der Waals surface area contributed by atoms with Crippen LogP contribution in [0, 0.1) is 13.8 Å². The van der Waals surface area contributed by atoms with Crippen molar-refractivity contribution in [2.75, 3.05) is 5.32 Å². The Balaban J connectivity index is 2.35. The summed E-state index contributed by atoms with van der Waals surface area (Å²) in [5.74, 6) is 1.34. The van der Waals surface area contributed by atoms with Gasteiger partial charge in [-0.05, 0) is 25.5 Å². The van der Waals surface area contributed by atoms with Crippen LogP contribution in [-0.2, 0) is 6.61 Å². The van der Waals surface area contributed by atoms with E-state index in [9.17, 15) is 5.11 Å². The van der Waals surface area contributed by atoms with Crippen molar-refractivity contribution in [1.29, 1.82) is 0 Å². The Hall–Kier alpha value is -1.94. The lowest BCUT2D eigenvalue weighted by Gasteiger charge is -2.11. The van der Waals surface area contributed by atoms with Gasteiger partial charge in [0.25, 0.3) is 0 Å². The Morgan fingerprint density at radius 3 is 2.71 bits per heavy atom. The minimum Gasteiger partial charge on any atom is -0.391 e. The van der Waals surface area contributed by atoms with Crippen LogP contribution in [0.15, 0.2) is 30.5 Å². The standard InChI is InChI=1S/C13H15N3O/c1-9-5-3-4-6-12(9)16-13-11(8-17)7-14-10(2)15-13/h3-7,17H,8H2,1-2H3,(H,14,15,16). The Bertz CT molecular complexity index is 526. The third-order valence-corrected chi connectivity index (χ3v) is 2.55. The van der Waals surface area contributed by atoms with E-state index in [2.05, 4.69) is 15.3 Å². The molecule has 0 aliphatic heterocycles. The summed E-state index contributed by atoms with van der Waals surface area (Å²) >= 11 is 0. The number of benzene rings is 1. The number of rotatable bonds is 3. The van der Waals surface area contributed by atoms with E-state index < -0.39 is 0 Å². The summed E-state index contributed by atoms with van der Waals surface area (Å²) in [6.45, 7) is 3.77. The van der Waals surface area contributed by atoms with Gasteiger partial charge in [-0.3, -0.25) is 0 Å². The van der Waals surface area contributed by atoms with Crippen molar-refractivity contribution < 1.29 is 5.11 Å². The fourth-order valence-corrected chi connectivity index (χ4v) is 1.56. The number of para-hydroxylation sites is 1. The molecule has 0 aliphatic rings. The number of aliphatic hydroxyl groups is 1. The maximum atomic E-state index is 9.24. The first kappa shape index (κ1) is 11.5. The van der Waals surface area contributed by atoms with Gasteiger partial charge in [0.15, 0.2) is 0 Å². The molecule has 17 heavy (non-hydrogen) atoms. The normalized spacial score (nSPS) is 10.3. The van der Waals surface area contributed by atoms with Crippen LogP contribution in [0.1, 0.15) is 17.0 Å². The monoisotopic (exact) mass is 229 g/mol. The summed E-state index contributed by atoms with van der Waals surface area (Å²) in [7, 11) is 0. The van der Waals surface area contributed by atoms with E-state index in [0.29, 0.717) is 17.2 Å². The van der Waals surface area contributed by atoms with Gasteiger partial charge in [0.1, 0.15) is 11.6 Å². The summed E-state index contributed by atoms with van der Waals surface area (Å²) in [4.78, 5) is 8.36. The molecule has 2 rings (SSSR count). The van der Waals surface area contributed by atoms with Gasteiger partial charge in [-0.1, -0.05) is 18.2 Å². The molecule has 2 N–H and O–H groups in total. The first-order valence-corrected chi connectivity index (χ1v) is 5.46. The van der Waals surface area contributed by atoms with Gasteiger partial charge >= 0.3 is 0 Å². The molecule has 88 valence electrons. The quantitative estimate of drug-likeness (QED) is 0.848. The highest BCUT2D eigenvalue weighted by atomic mass is 16.3. The molecule has 0 atom stereocenters. The highest BCUT2D eigenvalue weighted by Gasteiger charge is 2.06. The molecule has 0 saturated heterocycles. The lowest BCUT2D eigenvalue weighted by Crippen LogP contribution is -2.03. The molecule has 4 nitrogen and oxygen atoms in total. The Morgan fingerprint density at radius 2 is 2.00 bits per heavy atom. The van der Waals surface area contributed by atoms with Crippen molar-refractivity contribution in [2.45, 2.75) is 20.5 Å². The Labute approximate surface area is 100 Å². The van der Waals surface area contributed by atoms with Gasteiger partial charge in [0.05, 0.1) is 6.61 Å². The molecule has 0 aliphatic carbocycles. The summed E-state index contributed by atoms with van der Waals surface area (Å²) in [5.41, 5.74) is 2.81. The predicted molar refractivity (Wildman–Crippen MR) is 67.2 cm³/mol. The van der Waals surface area contributed by atoms with Crippen LogP contribution in [-0.4, -0.2) is 15.1 Å².